The minimum atomic E-state index is 0.365. The summed E-state index contributed by atoms with van der Waals surface area (Å²) in [5.41, 5.74) is 0.365. The molecule has 2 aliphatic rings. The monoisotopic (exact) mass is 239 g/mol. The minimum Gasteiger partial charge on any atom is -0.310 e. The van der Waals surface area contributed by atoms with Crippen LogP contribution in [0.15, 0.2) is 0 Å². The first-order chi connectivity index (χ1) is 8.13. The van der Waals surface area contributed by atoms with Crippen LogP contribution in [-0.4, -0.2) is 61.2 Å². The van der Waals surface area contributed by atoms with Crippen molar-refractivity contribution in [1.82, 2.24) is 15.1 Å². The van der Waals surface area contributed by atoms with Gasteiger partial charge in [0, 0.05) is 24.7 Å². The summed E-state index contributed by atoms with van der Waals surface area (Å²) < 4.78 is 0. The number of hydrogen-bond acceptors (Lipinski definition) is 3. The van der Waals surface area contributed by atoms with Crippen LogP contribution in [0.2, 0.25) is 0 Å². The first-order valence-electron chi connectivity index (χ1n) is 7.30. The molecule has 2 atom stereocenters. The Labute approximate surface area is 107 Å². The Kier molecular flexibility index (Phi) is 4.45. The lowest BCUT2D eigenvalue weighted by Gasteiger charge is -2.33. The number of hydrogen-bond donors (Lipinski definition) is 1. The largest absolute Gasteiger partial charge is 0.310 e. The number of nitrogens with one attached hydrogen (secondary N) is 1. The van der Waals surface area contributed by atoms with Crippen molar-refractivity contribution in [3.63, 3.8) is 0 Å². The maximum absolute atomic E-state index is 3.66. The number of nitrogens with zero attached hydrogens (tertiary/aromatic N) is 2. The topological polar surface area (TPSA) is 18.5 Å². The van der Waals surface area contributed by atoms with Crippen LogP contribution in [0.1, 0.15) is 39.5 Å². The molecule has 0 spiro atoms. The van der Waals surface area contributed by atoms with Gasteiger partial charge in [-0.2, -0.15) is 0 Å². The van der Waals surface area contributed by atoms with Crippen LogP contribution in [0.4, 0.5) is 0 Å². The van der Waals surface area contributed by atoms with E-state index in [9.17, 15) is 0 Å². The van der Waals surface area contributed by atoms with Gasteiger partial charge >= 0.3 is 0 Å². The SMILES string of the molecule is CCN1CCCC1CN(C)CC1(C)CCCN1. The van der Waals surface area contributed by atoms with Crippen molar-refractivity contribution in [3.8, 4) is 0 Å². The highest BCUT2D eigenvalue weighted by atomic mass is 15.2. The van der Waals surface area contributed by atoms with Crippen molar-refractivity contribution in [2.45, 2.75) is 51.1 Å². The summed E-state index contributed by atoms with van der Waals surface area (Å²) in [5.74, 6) is 0. The highest BCUT2D eigenvalue weighted by molar-refractivity contribution is 4.92. The second kappa shape index (κ2) is 5.68. The average Bonchev–Trinajstić information content (AvgIpc) is 2.87. The smallest absolute Gasteiger partial charge is 0.0280 e. The first-order valence-corrected chi connectivity index (χ1v) is 7.30. The van der Waals surface area contributed by atoms with Gasteiger partial charge in [-0.25, -0.2) is 0 Å². The molecule has 0 saturated carbocycles. The molecular formula is C14H29N3. The quantitative estimate of drug-likeness (QED) is 0.785. The predicted octanol–water partition coefficient (Wildman–Crippen LogP) is 1.54. The molecule has 2 saturated heterocycles. The van der Waals surface area contributed by atoms with Crippen LogP contribution in [0, 0.1) is 0 Å². The number of rotatable bonds is 5. The van der Waals surface area contributed by atoms with Crippen molar-refractivity contribution in [3.05, 3.63) is 0 Å². The third-order valence-electron chi connectivity index (χ3n) is 4.50. The maximum atomic E-state index is 3.66. The molecule has 17 heavy (non-hydrogen) atoms. The van der Waals surface area contributed by atoms with Gasteiger partial charge in [-0.05, 0) is 59.3 Å². The Morgan fingerprint density at radius 2 is 2.24 bits per heavy atom. The molecule has 1 N–H and O–H groups in total. The highest BCUT2D eigenvalue weighted by Gasteiger charge is 2.31. The molecule has 0 aromatic rings. The summed E-state index contributed by atoms with van der Waals surface area (Å²) in [5, 5.41) is 3.66. The van der Waals surface area contributed by atoms with E-state index in [1.54, 1.807) is 0 Å². The van der Waals surface area contributed by atoms with Crippen LogP contribution >= 0.6 is 0 Å². The Morgan fingerprint density at radius 1 is 1.41 bits per heavy atom. The molecule has 0 amide bonds. The van der Waals surface area contributed by atoms with Crippen LogP contribution in [0.5, 0.6) is 0 Å². The summed E-state index contributed by atoms with van der Waals surface area (Å²) in [6.07, 6.45) is 5.46. The van der Waals surface area contributed by atoms with E-state index in [-0.39, 0.29) is 0 Å². The van der Waals surface area contributed by atoms with Crippen molar-refractivity contribution in [2.75, 3.05) is 39.8 Å². The second-order valence-electron chi connectivity index (χ2n) is 6.21. The van der Waals surface area contributed by atoms with Gasteiger partial charge in [0.15, 0.2) is 0 Å². The summed E-state index contributed by atoms with van der Waals surface area (Å²) in [6.45, 7) is 10.8. The van der Waals surface area contributed by atoms with Crippen LogP contribution in [0.25, 0.3) is 0 Å². The van der Waals surface area contributed by atoms with Gasteiger partial charge < -0.3 is 10.2 Å². The lowest BCUT2D eigenvalue weighted by atomic mass is 9.99. The minimum absolute atomic E-state index is 0.365. The fourth-order valence-electron chi connectivity index (χ4n) is 3.63. The lowest BCUT2D eigenvalue weighted by Crippen LogP contribution is -2.49. The van der Waals surface area contributed by atoms with Crippen molar-refractivity contribution in [1.29, 1.82) is 0 Å². The molecule has 2 unspecified atom stereocenters. The molecule has 0 radical (unpaired) electrons. The zero-order valence-corrected chi connectivity index (χ0v) is 11.8. The summed E-state index contributed by atoms with van der Waals surface area (Å²) >= 11 is 0. The molecule has 0 aromatic carbocycles. The highest BCUT2D eigenvalue weighted by Crippen LogP contribution is 2.21. The Balaban J connectivity index is 1.78. The number of likely N-dealkylation sites (tertiary alicyclic amines) is 1. The van der Waals surface area contributed by atoms with Gasteiger partial charge in [-0.3, -0.25) is 4.90 Å². The van der Waals surface area contributed by atoms with E-state index >= 15 is 0 Å². The molecule has 2 fully saturated rings. The van der Waals surface area contributed by atoms with Gasteiger partial charge in [0.1, 0.15) is 0 Å². The molecular weight excluding hydrogens is 210 g/mol. The molecule has 2 rings (SSSR count). The van der Waals surface area contributed by atoms with E-state index in [0.717, 1.165) is 6.04 Å². The third-order valence-corrected chi connectivity index (χ3v) is 4.50. The molecule has 0 bridgehead atoms. The predicted molar refractivity (Wildman–Crippen MR) is 73.4 cm³/mol. The van der Waals surface area contributed by atoms with E-state index in [4.69, 9.17) is 0 Å². The van der Waals surface area contributed by atoms with Crippen molar-refractivity contribution >= 4 is 0 Å². The fraction of sp³-hybridized carbons (Fsp3) is 1.00. The van der Waals surface area contributed by atoms with Gasteiger partial charge in [-0.15, -0.1) is 0 Å². The van der Waals surface area contributed by atoms with Gasteiger partial charge in [0.2, 0.25) is 0 Å². The van der Waals surface area contributed by atoms with Gasteiger partial charge in [0.25, 0.3) is 0 Å². The Hall–Kier alpha value is -0.120. The van der Waals surface area contributed by atoms with Crippen molar-refractivity contribution < 1.29 is 0 Å². The molecule has 100 valence electrons. The molecule has 2 heterocycles. The van der Waals surface area contributed by atoms with E-state index in [2.05, 4.69) is 36.0 Å². The van der Waals surface area contributed by atoms with Crippen LogP contribution < -0.4 is 5.32 Å². The van der Waals surface area contributed by atoms with E-state index in [0.29, 0.717) is 5.54 Å². The van der Waals surface area contributed by atoms with Gasteiger partial charge in [0.05, 0.1) is 0 Å². The second-order valence-corrected chi connectivity index (χ2v) is 6.21. The average molecular weight is 239 g/mol. The lowest BCUT2D eigenvalue weighted by molar-refractivity contribution is 0.171. The summed E-state index contributed by atoms with van der Waals surface area (Å²) in [4.78, 5) is 5.18. The van der Waals surface area contributed by atoms with E-state index < -0.39 is 0 Å². The standard InChI is InChI=1S/C14H29N3/c1-4-17-10-5-7-13(17)11-16(3)12-14(2)8-6-9-15-14/h13,15H,4-12H2,1-3H3. The van der Waals surface area contributed by atoms with Crippen LogP contribution in [-0.2, 0) is 0 Å². The zero-order valence-electron chi connectivity index (χ0n) is 11.8. The maximum Gasteiger partial charge on any atom is 0.0280 e. The van der Waals surface area contributed by atoms with E-state index in [1.165, 1.54) is 58.4 Å². The molecule has 3 heteroatoms. The summed E-state index contributed by atoms with van der Waals surface area (Å²) in [7, 11) is 2.29. The fourth-order valence-corrected chi connectivity index (χ4v) is 3.63. The molecule has 3 nitrogen and oxygen atoms in total. The Morgan fingerprint density at radius 3 is 2.88 bits per heavy atom. The molecule has 0 aliphatic carbocycles. The van der Waals surface area contributed by atoms with E-state index in [1.807, 2.05) is 0 Å². The summed E-state index contributed by atoms with van der Waals surface area (Å²) in [6, 6.07) is 0.801. The normalized spacial score (nSPS) is 34.9. The Bertz CT molecular complexity index is 236. The third kappa shape index (κ3) is 3.43. The molecule has 0 aromatic heterocycles. The first kappa shape index (κ1) is 13.3. The zero-order chi connectivity index (χ0) is 12.3. The van der Waals surface area contributed by atoms with Crippen LogP contribution in [0.3, 0.4) is 0 Å². The van der Waals surface area contributed by atoms with Crippen molar-refractivity contribution in [2.24, 2.45) is 0 Å². The number of likely N-dealkylation sites (N-methyl/N-ethyl adjacent to an activating group) is 2. The van der Waals surface area contributed by atoms with Gasteiger partial charge in [-0.1, -0.05) is 6.92 Å². The molecule has 2 aliphatic heterocycles.